The number of hydrogen-bond acceptors (Lipinski definition) is 3. The Bertz CT molecular complexity index is 1140. The molecular weight excluding hydrogens is 476 g/mol. The summed E-state index contributed by atoms with van der Waals surface area (Å²) in [5.41, 5.74) is -1.64. The molecule has 2 unspecified atom stereocenters. The highest BCUT2D eigenvalue weighted by Crippen LogP contribution is 2.50. The van der Waals surface area contributed by atoms with Gasteiger partial charge in [-0.2, -0.15) is 13.2 Å². The van der Waals surface area contributed by atoms with Crippen molar-refractivity contribution in [2.75, 3.05) is 26.7 Å². The smallest absolute Gasteiger partial charge is 0.356 e. The van der Waals surface area contributed by atoms with Crippen LogP contribution < -0.4 is 5.32 Å². The van der Waals surface area contributed by atoms with E-state index in [2.05, 4.69) is 5.32 Å². The normalized spacial score (nSPS) is 21.7. The lowest BCUT2D eigenvalue weighted by Crippen LogP contribution is -2.60. The molecule has 0 bridgehead atoms. The molecule has 2 saturated heterocycles. The molecule has 4 rings (SSSR count). The number of hydrogen-bond donors (Lipinski definition) is 1. The van der Waals surface area contributed by atoms with Gasteiger partial charge in [0.25, 0.3) is 11.5 Å². The van der Waals surface area contributed by atoms with E-state index in [-0.39, 0.29) is 42.7 Å². The van der Waals surface area contributed by atoms with Crippen LogP contribution in [0.2, 0.25) is 0 Å². The van der Waals surface area contributed by atoms with Crippen LogP contribution >= 0.6 is 0 Å². The first kappa shape index (κ1) is 26.1. The van der Waals surface area contributed by atoms with Crippen molar-refractivity contribution >= 4 is 11.8 Å². The van der Waals surface area contributed by atoms with E-state index in [0.717, 1.165) is 18.2 Å². The van der Waals surface area contributed by atoms with Crippen LogP contribution in [0.15, 0.2) is 42.5 Å². The Morgan fingerprint density at radius 3 is 2.25 bits per heavy atom. The number of nitrogens with zero attached hydrogens (tertiary/aromatic N) is 1. The molecule has 2 aliphatic heterocycles. The van der Waals surface area contributed by atoms with Gasteiger partial charge in [-0.05, 0) is 60.9 Å². The molecule has 2 fully saturated rings. The summed E-state index contributed by atoms with van der Waals surface area (Å²) in [5, 5.41) is 2.85. The first-order valence-electron chi connectivity index (χ1n) is 11.9. The third kappa shape index (κ3) is 4.38. The third-order valence-electron chi connectivity index (χ3n) is 7.99. The Morgan fingerprint density at radius 1 is 1.06 bits per heavy atom. The van der Waals surface area contributed by atoms with Crippen molar-refractivity contribution in [1.29, 1.82) is 0 Å². The molecule has 9 heteroatoms. The van der Waals surface area contributed by atoms with Gasteiger partial charge in [-0.1, -0.05) is 30.3 Å². The van der Waals surface area contributed by atoms with Crippen LogP contribution in [-0.2, 0) is 19.9 Å². The Balaban J connectivity index is 1.64. The number of likely N-dealkylation sites (tertiary alicyclic amines) is 1. The Labute approximate surface area is 207 Å². The molecule has 194 valence electrons. The zero-order valence-corrected chi connectivity index (χ0v) is 20.5. The average Bonchev–Trinajstić information content (AvgIpc) is 2.82. The van der Waals surface area contributed by atoms with Crippen molar-refractivity contribution < 1.29 is 31.9 Å². The zero-order chi connectivity index (χ0) is 26.3. The number of carbonyl (C=O) groups excluding carboxylic acids is 2. The fourth-order valence-electron chi connectivity index (χ4n) is 5.70. The van der Waals surface area contributed by atoms with Crippen molar-refractivity contribution in [3.05, 3.63) is 70.5 Å². The Morgan fingerprint density at radius 2 is 1.69 bits per heavy atom. The lowest BCUT2D eigenvalue weighted by molar-refractivity contribution is -0.271. The molecular formula is C27H30F4N2O3. The molecule has 2 aliphatic rings. The van der Waals surface area contributed by atoms with Crippen molar-refractivity contribution in [3.8, 4) is 0 Å². The van der Waals surface area contributed by atoms with Crippen LogP contribution in [0.5, 0.6) is 0 Å². The summed E-state index contributed by atoms with van der Waals surface area (Å²) < 4.78 is 62.2. The first-order valence-corrected chi connectivity index (χ1v) is 11.9. The molecule has 2 atom stereocenters. The van der Waals surface area contributed by atoms with Gasteiger partial charge in [0.05, 0.1) is 0 Å². The van der Waals surface area contributed by atoms with E-state index in [1.54, 1.807) is 32.0 Å². The van der Waals surface area contributed by atoms with Crippen molar-refractivity contribution in [2.45, 2.75) is 50.8 Å². The second-order valence-electron chi connectivity index (χ2n) is 9.92. The van der Waals surface area contributed by atoms with Crippen molar-refractivity contribution in [2.24, 2.45) is 5.41 Å². The second-order valence-corrected chi connectivity index (χ2v) is 9.92. The quantitative estimate of drug-likeness (QED) is 0.609. The fourth-order valence-corrected chi connectivity index (χ4v) is 5.70. The number of carbonyl (C=O) groups is 2. The highest BCUT2D eigenvalue weighted by atomic mass is 19.4. The summed E-state index contributed by atoms with van der Waals surface area (Å²) in [6.45, 7) is 3.93. The number of aryl methyl sites for hydroxylation is 2. The minimum Gasteiger partial charge on any atom is -0.356 e. The number of amides is 2. The maximum absolute atomic E-state index is 14.6. The Kier molecular flexibility index (Phi) is 6.90. The number of nitrogens with one attached hydrogen (secondary N) is 1. The van der Waals surface area contributed by atoms with Crippen molar-refractivity contribution in [3.63, 3.8) is 0 Å². The highest BCUT2D eigenvalue weighted by molar-refractivity contribution is 5.88. The maximum Gasteiger partial charge on any atom is 0.430 e. The molecule has 36 heavy (non-hydrogen) atoms. The van der Waals surface area contributed by atoms with Crippen LogP contribution in [-0.4, -0.2) is 49.6 Å². The molecule has 2 heterocycles. The molecule has 1 N–H and O–H groups in total. The van der Waals surface area contributed by atoms with Crippen molar-refractivity contribution in [1.82, 2.24) is 10.2 Å². The second kappa shape index (κ2) is 9.50. The van der Waals surface area contributed by atoms with Crippen LogP contribution in [0.1, 0.15) is 47.4 Å². The fraction of sp³-hybridized carbons (Fsp3) is 0.481. The SMILES string of the molecule is COC(C(=O)N1CCC2(CC1)CC(=O)NCC2c1ccc(F)cc1)(c1ccc(C)c(C)c1)C(F)(F)F. The molecule has 2 aromatic rings. The van der Waals surface area contributed by atoms with Gasteiger partial charge in [0.2, 0.25) is 5.91 Å². The molecule has 0 aromatic heterocycles. The number of halogens is 4. The van der Waals surface area contributed by atoms with E-state index in [9.17, 15) is 27.2 Å². The largest absolute Gasteiger partial charge is 0.430 e. The maximum atomic E-state index is 14.6. The highest BCUT2D eigenvalue weighted by Gasteiger charge is 2.64. The van der Waals surface area contributed by atoms with Gasteiger partial charge in [0, 0.05) is 44.6 Å². The first-order chi connectivity index (χ1) is 16.9. The van der Waals surface area contributed by atoms with Gasteiger partial charge in [0.15, 0.2) is 0 Å². The predicted molar refractivity (Wildman–Crippen MR) is 126 cm³/mol. The summed E-state index contributed by atoms with van der Waals surface area (Å²) >= 11 is 0. The van der Waals surface area contributed by atoms with Crippen LogP contribution in [0.4, 0.5) is 17.6 Å². The van der Waals surface area contributed by atoms with Gasteiger partial charge in [0.1, 0.15) is 5.82 Å². The van der Waals surface area contributed by atoms with E-state index >= 15 is 0 Å². The van der Waals surface area contributed by atoms with Gasteiger partial charge in [-0.3, -0.25) is 9.59 Å². The van der Waals surface area contributed by atoms with Gasteiger partial charge in [-0.25, -0.2) is 4.39 Å². The third-order valence-corrected chi connectivity index (χ3v) is 7.99. The molecule has 0 aliphatic carbocycles. The van der Waals surface area contributed by atoms with Crippen LogP contribution in [0.25, 0.3) is 0 Å². The monoisotopic (exact) mass is 506 g/mol. The minimum absolute atomic E-state index is 0.0514. The van der Waals surface area contributed by atoms with E-state index in [1.807, 2.05) is 0 Å². The number of methoxy groups -OCH3 is 1. The number of ether oxygens (including phenoxy) is 1. The predicted octanol–water partition coefficient (Wildman–Crippen LogP) is 4.76. The van der Waals surface area contributed by atoms with Gasteiger partial charge in [-0.15, -0.1) is 0 Å². The molecule has 0 saturated carbocycles. The number of rotatable bonds is 4. The van der Waals surface area contributed by atoms with E-state index in [4.69, 9.17) is 4.74 Å². The van der Waals surface area contributed by atoms with Gasteiger partial charge >= 0.3 is 6.18 Å². The van der Waals surface area contributed by atoms with Gasteiger partial charge < -0.3 is 15.0 Å². The molecule has 2 aromatic carbocycles. The lowest BCUT2D eigenvalue weighted by Gasteiger charge is -2.50. The molecule has 0 radical (unpaired) electrons. The average molecular weight is 507 g/mol. The summed E-state index contributed by atoms with van der Waals surface area (Å²) in [4.78, 5) is 27.1. The number of benzene rings is 2. The van der Waals surface area contributed by atoms with Crippen LogP contribution in [0.3, 0.4) is 0 Å². The standard InChI is InChI=1S/C27H30F4N2O3/c1-17-4-7-20(14-18(17)2)26(36-3,27(29,30)31)24(35)33-12-10-25(11-13-33)15-23(34)32-16-22(25)19-5-8-21(28)9-6-19/h4-9,14,22H,10-13,15-16H2,1-3H3,(H,32,34). The number of alkyl halides is 3. The zero-order valence-electron chi connectivity index (χ0n) is 20.5. The Hall–Kier alpha value is -2.94. The number of piperidine rings is 2. The summed E-state index contributed by atoms with van der Waals surface area (Å²) in [6.07, 6.45) is -4.10. The van der Waals surface area contributed by atoms with E-state index in [1.165, 1.54) is 29.2 Å². The van der Waals surface area contributed by atoms with E-state index < -0.39 is 23.1 Å². The lowest BCUT2D eigenvalue weighted by atomic mass is 9.62. The topological polar surface area (TPSA) is 58.6 Å². The van der Waals surface area contributed by atoms with E-state index in [0.29, 0.717) is 24.9 Å². The molecule has 2 amide bonds. The summed E-state index contributed by atoms with van der Waals surface area (Å²) in [5.74, 6) is -1.80. The molecule has 5 nitrogen and oxygen atoms in total. The summed E-state index contributed by atoms with van der Waals surface area (Å²) in [6, 6.07) is 10.3. The van der Waals surface area contributed by atoms with Crippen LogP contribution in [0, 0.1) is 25.1 Å². The summed E-state index contributed by atoms with van der Waals surface area (Å²) in [7, 11) is 0.905. The minimum atomic E-state index is -4.99. The molecule has 1 spiro atoms.